The van der Waals surface area contributed by atoms with Crippen LogP contribution >= 0.6 is 0 Å². The van der Waals surface area contributed by atoms with E-state index in [-0.39, 0.29) is 6.61 Å². The van der Waals surface area contributed by atoms with Crippen molar-refractivity contribution in [1.82, 2.24) is 9.80 Å². The fraction of sp³-hybridized carbons (Fsp3) is 0.647. The Hall–Kier alpha value is -0.900. The number of piperidine rings is 1. The molecule has 3 heteroatoms. The molecule has 3 nitrogen and oxygen atoms in total. The number of likely N-dealkylation sites (tertiary alicyclic amines) is 1. The summed E-state index contributed by atoms with van der Waals surface area (Å²) in [7, 11) is 0. The van der Waals surface area contributed by atoms with Gasteiger partial charge in [-0.25, -0.2) is 0 Å². The molecule has 0 amide bonds. The largest absolute Gasteiger partial charge is 0.395 e. The SMILES string of the molecule is CCN(Cc1ccccc1)C[C@@H]1CCCCN1CCO. The second-order valence-corrected chi connectivity index (χ2v) is 5.72. The van der Waals surface area contributed by atoms with Crippen molar-refractivity contribution in [3.05, 3.63) is 35.9 Å². The van der Waals surface area contributed by atoms with Gasteiger partial charge in [0.05, 0.1) is 6.61 Å². The van der Waals surface area contributed by atoms with Crippen LogP contribution in [0.25, 0.3) is 0 Å². The molecule has 1 N–H and O–H groups in total. The minimum absolute atomic E-state index is 0.279. The summed E-state index contributed by atoms with van der Waals surface area (Å²) in [5, 5.41) is 9.21. The molecule has 1 aliphatic rings. The zero-order valence-electron chi connectivity index (χ0n) is 12.7. The second-order valence-electron chi connectivity index (χ2n) is 5.72. The summed E-state index contributed by atoms with van der Waals surface area (Å²) >= 11 is 0. The molecule has 1 aromatic rings. The quantitative estimate of drug-likeness (QED) is 0.828. The van der Waals surface area contributed by atoms with Crippen LogP contribution in [0.5, 0.6) is 0 Å². The van der Waals surface area contributed by atoms with Crippen LogP contribution in [0.15, 0.2) is 30.3 Å². The van der Waals surface area contributed by atoms with Crippen molar-refractivity contribution in [3.8, 4) is 0 Å². The number of likely N-dealkylation sites (N-methyl/N-ethyl adjacent to an activating group) is 1. The van der Waals surface area contributed by atoms with Gasteiger partial charge in [0.2, 0.25) is 0 Å². The molecular formula is C17H28N2O. The highest BCUT2D eigenvalue weighted by atomic mass is 16.3. The van der Waals surface area contributed by atoms with E-state index in [4.69, 9.17) is 0 Å². The van der Waals surface area contributed by atoms with Gasteiger partial charge in [-0.3, -0.25) is 9.80 Å². The zero-order chi connectivity index (χ0) is 14.2. The fourth-order valence-electron chi connectivity index (χ4n) is 3.13. The molecule has 0 spiro atoms. The van der Waals surface area contributed by atoms with Crippen LogP contribution < -0.4 is 0 Å². The molecule has 0 radical (unpaired) electrons. The van der Waals surface area contributed by atoms with E-state index in [1.54, 1.807) is 0 Å². The van der Waals surface area contributed by atoms with Crippen molar-refractivity contribution in [3.63, 3.8) is 0 Å². The van der Waals surface area contributed by atoms with Gasteiger partial charge in [0.15, 0.2) is 0 Å². The maximum Gasteiger partial charge on any atom is 0.0558 e. The molecule has 1 heterocycles. The number of hydrogen-bond acceptors (Lipinski definition) is 3. The lowest BCUT2D eigenvalue weighted by molar-refractivity contribution is 0.0848. The maximum atomic E-state index is 9.21. The second kappa shape index (κ2) is 8.40. The van der Waals surface area contributed by atoms with E-state index in [0.29, 0.717) is 6.04 Å². The molecule has 112 valence electrons. The molecule has 0 unspecified atom stereocenters. The van der Waals surface area contributed by atoms with Crippen molar-refractivity contribution in [2.45, 2.75) is 38.8 Å². The standard InChI is InChI=1S/C17H28N2O/c1-2-18(14-16-8-4-3-5-9-16)15-17-10-6-7-11-19(17)12-13-20/h3-5,8-9,17,20H,2,6-7,10-15H2,1H3/t17-/m0/s1. The third kappa shape index (κ3) is 4.58. The Balaban J connectivity index is 1.90. The van der Waals surface area contributed by atoms with Crippen LogP contribution in [0.2, 0.25) is 0 Å². The van der Waals surface area contributed by atoms with Gasteiger partial charge in [0.25, 0.3) is 0 Å². The van der Waals surface area contributed by atoms with Crippen LogP contribution in [0.1, 0.15) is 31.7 Å². The number of aliphatic hydroxyl groups is 1. The topological polar surface area (TPSA) is 26.7 Å². The smallest absolute Gasteiger partial charge is 0.0558 e. The minimum atomic E-state index is 0.279. The Bertz CT molecular complexity index is 367. The molecule has 1 aromatic carbocycles. The fourth-order valence-corrected chi connectivity index (χ4v) is 3.13. The van der Waals surface area contributed by atoms with Crippen molar-refractivity contribution >= 4 is 0 Å². The normalized spacial score (nSPS) is 20.4. The van der Waals surface area contributed by atoms with Crippen molar-refractivity contribution in [2.24, 2.45) is 0 Å². The minimum Gasteiger partial charge on any atom is -0.395 e. The molecule has 0 bridgehead atoms. The number of nitrogens with zero attached hydrogens (tertiary/aromatic N) is 2. The van der Waals surface area contributed by atoms with Crippen molar-refractivity contribution < 1.29 is 5.11 Å². The van der Waals surface area contributed by atoms with Gasteiger partial charge in [-0.2, -0.15) is 0 Å². The van der Waals surface area contributed by atoms with Crippen molar-refractivity contribution in [2.75, 3.05) is 32.8 Å². The van der Waals surface area contributed by atoms with E-state index in [1.807, 2.05) is 0 Å². The van der Waals surface area contributed by atoms with E-state index in [1.165, 1.54) is 24.8 Å². The molecule has 1 saturated heterocycles. The van der Waals surface area contributed by atoms with Gasteiger partial charge < -0.3 is 5.11 Å². The summed E-state index contributed by atoms with van der Waals surface area (Å²) in [6, 6.07) is 11.3. The maximum absolute atomic E-state index is 9.21. The number of β-amino-alcohol motifs (C(OH)–C–C–N with tert-alkyl or cyclic N) is 1. The zero-order valence-corrected chi connectivity index (χ0v) is 12.7. The van der Waals surface area contributed by atoms with Gasteiger partial charge in [-0.15, -0.1) is 0 Å². The summed E-state index contributed by atoms with van der Waals surface area (Å²) in [4.78, 5) is 4.99. The van der Waals surface area contributed by atoms with E-state index in [9.17, 15) is 5.11 Å². The van der Waals surface area contributed by atoms with Crippen molar-refractivity contribution in [1.29, 1.82) is 0 Å². The highest BCUT2D eigenvalue weighted by Crippen LogP contribution is 2.18. The molecule has 20 heavy (non-hydrogen) atoms. The highest BCUT2D eigenvalue weighted by Gasteiger charge is 2.23. The number of benzene rings is 1. The lowest BCUT2D eigenvalue weighted by atomic mass is 10.0. The predicted molar refractivity (Wildman–Crippen MR) is 83.7 cm³/mol. The Morgan fingerprint density at radius 1 is 1.25 bits per heavy atom. The number of aliphatic hydroxyl groups excluding tert-OH is 1. The van der Waals surface area contributed by atoms with Crippen LogP contribution in [-0.2, 0) is 6.54 Å². The average molecular weight is 276 g/mol. The summed E-state index contributed by atoms with van der Waals surface area (Å²) in [5.74, 6) is 0. The Morgan fingerprint density at radius 3 is 2.75 bits per heavy atom. The number of rotatable bonds is 7. The number of hydrogen-bond donors (Lipinski definition) is 1. The van der Waals surface area contributed by atoms with E-state index >= 15 is 0 Å². The first-order valence-corrected chi connectivity index (χ1v) is 7.94. The predicted octanol–water partition coefficient (Wildman–Crippen LogP) is 2.36. The summed E-state index contributed by atoms with van der Waals surface area (Å²) in [6.07, 6.45) is 3.88. The van der Waals surface area contributed by atoms with Crippen LogP contribution in [0.3, 0.4) is 0 Å². The van der Waals surface area contributed by atoms with Gasteiger partial charge >= 0.3 is 0 Å². The van der Waals surface area contributed by atoms with Gasteiger partial charge in [-0.05, 0) is 31.5 Å². The molecule has 2 rings (SSSR count). The lowest BCUT2D eigenvalue weighted by Gasteiger charge is -2.38. The lowest BCUT2D eigenvalue weighted by Crippen LogP contribution is -2.47. The first kappa shape index (κ1) is 15.5. The Morgan fingerprint density at radius 2 is 2.05 bits per heavy atom. The average Bonchev–Trinajstić information content (AvgIpc) is 2.50. The van der Waals surface area contributed by atoms with Gasteiger partial charge in [0, 0.05) is 25.7 Å². The van der Waals surface area contributed by atoms with Crippen LogP contribution in [0.4, 0.5) is 0 Å². The Labute approximate surface area is 123 Å². The van der Waals surface area contributed by atoms with E-state index in [2.05, 4.69) is 47.1 Å². The summed E-state index contributed by atoms with van der Waals surface area (Å²) in [6.45, 7) is 7.72. The Kier molecular flexibility index (Phi) is 6.51. The molecule has 0 aliphatic carbocycles. The molecule has 1 aliphatic heterocycles. The first-order chi connectivity index (χ1) is 9.83. The highest BCUT2D eigenvalue weighted by molar-refractivity contribution is 5.14. The first-order valence-electron chi connectivity index (χ1n) is 7.94. The summed E-state index contributed by atoms with van der Waals surface area (Å²) < 4.78 is 0. The third-order valence-corrected chi connectivity index (χ3v) is 4.30. The molecule has 0 aromatic heterocycles. The monoisotopic (exact) mass is 276 g/mol. The molecular weight excluding hydrogens is 248 g/mol. The third-order valence-electron chi connectivity index (χ3n) is 4.30. The molecule has 0 saturated carbocycles. The molecule has 1 fully saturated rings. The van der Waals surface area contributed by atoms with Gasteiger partial charge in [0.1, 0.15) is 0 Å². The molecule has 1 atom stereocenters. The van der Waals surface area contributed by atoms with Crippen LogP contribution in [0, 0.1) is 0 Å². The van der Waals surface area contributed by atoms with E-state index < -0.39 is 0 Å². The summed E-state index contributed by atoms with van der Waals surface area (Å²) in [5.41, 5.74) is 1.39. The van der Waals surface area contributed by atoms with Gasteiger partial charge in [-0.1, -0.05) is 43.7 Å². The van der Waals surface area contributed by atoms with E-state index in [0.717, 1.165) is 32.7 Å². The van der Waals surface area contributed by atoms with Crippen LogP contribution in [-0.4, -0.2) is 53.7 Å².